The van der Waals surface area contributed by atoms with E-state index in [1.54, 1.807) is 0 Å². The first kappa shape index (κ1) is 23.9. The van der Waals surface area contributed by atoms with Crippen molar-refractivity contribution in [3.05, 3.63) is 29.8 Å². The van der Waals surface area contributed by atoms with Crippen molar-refractivity contribution in [2.45, 2.75) is 84.2 Å². The van der Waals surface area contributed by atoms with E-state index < -0.39 is 7.36 Å². The molecule has 6 heteroatoms. The quantitative estimate of drug-likeness (QED) is 0.389. The Morgan fingerprint density at radius 1 is 0.867 bits per heavy atom. The summed E-state index contributed by atoms with van der Waals surface area (Å²) in [6.45, 7) is 13.9. The first-order valence-corrected chi connectivity index (χ1v) is 13.9. The van der Waals surface area contributed by atoms with Crippen LogP contribution in [0.2, 0.25) is 0 Å². The van der Waals surface area contributed by atoms with Crippen LogP contribution >= 0.6 is 19.6 Å². The van der Waals surface area contributed by atoms with Gasteiger partial charge in [-0.2, -0.15) is 0 Å². The largest absolute Gasteiger partial charge is 0.331 e. The van der Waals surface area contributed by atoms with Gasteiger partial charge in [-0.3, -0.25) is 9.34 Å². The Labute approximate surface area is 190 Å². The first-order chi connectivity index (χ1) is 14.3. The third-order valence-corrected chi connectivity index (χ3v) is 11.5. The lowest BCUT2D eigenvalue weighted by Crippen LogP contribution is -2.42. The van der Waals surface area contributed by atoms with Gasteiger partial charge in [0.2, 0.25) is 0 Å². The summed E-state index contributed by atoms with van der Waals surface area (Å²) in [7, 11) is -2.01. The smallest absolute Gasteiger partial charge is 0.198 e. The highest BCUT2D eigenvalue weighted by Gasteiger charge is 2.44. The highest BCUT2D eigenvalue weighted by Crippen LogP contribution is 2.66. The summed E-state index contributed by atoms with van der Waals surface area (Å²) in [4.78, 5) is 0. The van der Waals surface area contributed by atoms with Crippen LogP contribution in [0.15, 0.2) is 29.0 Å². The predicted octanol–water partition coefficient (Wildman–Crippen LogP) is 7.27. The van der Waals surface area contributed by atoms with Crippen LogP contribution in [0.4, 0.5) is 5.69 Å². The lowest BCUT2D eigenvalue weighted by Gasteiger charge is -2.50. The van der Waals surface area contributed by atoms with Crippen LogP contribution < -0.4 is 5.32 Å². The molecule has 30 heavy (non-hydrogen) atoms. The van der Waals surface area contributed by atoms with Crippen LogP contribution in [-0.2, 0) is 0 Å². The molecule has 3 rings (SSSR count). The minimum atomic E-state index is -2.01. The van der Waals surface area contributed by atoms with Gasteiger partial charge in [0, 0.05) is 37.0 Å². The van der Waals surface area contributed by atoms with Gasteiger partial charge in [-0.15, -0.1) is 0 Å². The van der Waals surface area contributed by atoms with Gasteiger partial charge in [-0.05, 0) is 56.5 Å². The highest BCUT2D eigenvalue weighted by atomic mass is 32.1. The molecule has 2 aliphatic rings. The summed E-state index contributed by atoms with van der Waals surface area (Å²) in [5.41, 5.74) is 2.28. The molecule has 1 aromatic rings. The monoisotopic (exact) mass is 448 g/mol. The van der Waals surface area contributed by atoms with E-state index >= 15 is 0 Å². The van der Waals surface area contributed by atoms with Gasteiger partial charge >= 0.3 is 0 Å². The van der Waals surface area contributed by atoms with Gasteiger partial charge in [-0.25, -0.2) is 4.74 Å². The van der Waals surface area contributed by atoms with Crippen molar-refractivity contribution in [3.8, 4) is 0 Å². The van der Waals surface area contributed by atoms with Crippen LogP contribution in [0.5, 0.6) is 0 Å². The molecule has 0 atom stereocenters. The van der Waals surface area contributed by atoms with Crippen molar-refractivity contribution in [2.75, 3.05) is 31.5 Å². The Hall–Kier alpha value is -0.740. The average molecular weight is 449 g/mol. The Kier molecular flexibility index (Phi) is 8.55. The maximum Gasteiger partial charge on any atom is 0.198 e. The fourth-order valence-corrected chi connectivity index (χ4v) is 9.99. The van der Waals surface area contributed by atoms with E-state index in [1.165, 1.54) is 56.9 Å². The van der Waals surface area contributed by atoms with Crippen LogP contribution in [0.3, 0.4) is 0 Å². The Balaban J connectivity index is 2.06. The number of benzene rings is 1. The second kappa shape index (κ2) is 10.7. The van der Waals surface area contributed by atoms with Crippen LogP contribution in [0.1, 0.15) is 77.7 Å². The van der Waals surface area contributed by atoms with E-state index in [-0.39, 0.29) is 5.16 Å². The minimum absolute atomic E-state index is 0.0547. The summed E-state index contributed by atoms with van der Waals surface area (Å²) in [6.07, 6.45) is 10.5. The van der Waals surface area contributed by atoms with E-state index in [9.17, 15) is 0 Å². The molecular weight excluding hydrogens is 407 g/mol. The number of hydrogen-bond donors (Lipinski definition) is 1. The molecule has 4 nitrogen and oxygen atoms in total. The molecule has 0 saturated carbocycles. The van der Waals surface area contributed by atoms with Crippen LogP contribution in [0.25, 0.3) is 0 Å². The maximum absolute atomic E-state index is 5.92. The van der Waals surface area contributed by atoms with Gasteiger partial charge < -0.3 is 5.32 Å². The van der Waals surface area contributed by atoms with E-state index in [1.807, 2.05) is 0 Å². The van der Waals surface area contributed by atoms with E-state index in [0.717, 1.165) is 31.9 Å². The maximum atomic E-state index is 5.92. The molecule has 1 N–H and O–H groups in total. The lowest BCUT2D eigenvalue weighted by atomic mass is 10.2. The molecule has 0 amide bonds. The van der Waals surface area contributed by atoms with Crippen molar-refractivity contribution in [1.29, 1.82) is 0 Å². The molecule has 2 fully saturated rings. The molecule has 168 valence electrons. The molecule has 0 aromatic heterocycles. The number of anilines is 1. The van der Waals surface area contributed by atoms with Gasteiger partial charge in [-0.1, -0.05) is 64.7 Å². The fraction of sp³-hybridized carbons (Fsp3) is 0.708. The molecule has 2 saturated heterocycles. The summed E-state index contributed by atoms with van der Waals surface area (Å²) >= 11 is 5.92. The van der Waals surface area contributed by atoms with Gasteiger partial charge in [0.05, 0.1) is 0 Å². The summed E-state index contributed by atoms with van der Waals surface area (Å²) in [6, 6.07) is 8.36. The van der Waals surface area contributed by atoms with E-state index in [2.05, 4.69) is 66.6 Å². The Morgan fingerprint density at radius 2 is 1.33 bits per heavy atom. The van der Waals surface area contributed by atoms with Gasteiger partial charge in [0.1, 0.15) is 7.36 Å². The predicted molar refractivity (Wildman–Crippen MR) is 137 cm³/mol. The minimum Gasteiger partial charge on any atom is -0.331 e. The number of para-hydroxylation sites is 1. The molecule has 2 heterocycles. The number of nitrogens with one attached hydrogen (secondary N) is 1. The van der Waals surface area contributed by atoms with Crippen molar-refractivity contribution in [1.82, 2.24) is 9.34 Å². The third-order valence-electron chi connectivity index (χ3n) is 6.47. The molecule has 2 aliphatic heterocycles. The SMILES string of the molecule is Cc1ccccc1NC(=S)N=P(N1CCCCCC1)(N1CCCCCC1)C(C)(C)C. The molecule has 0 unspecified atom stereocenters. The zero-order valence-corrected chi connectivity index (χ0v) is 21.2. The second-order valence-electron chi connectivity index (χ2n) is 9.82. The number of rotatable bonds is 3. The van der Waals surface area contributed by atoms with Gasteiger partial charge in [0.15, 0.2) is 5.11 Å². The molecule has 1 aromatic carbocycles. The Bertz CT molecular complexity index is 731. The topological polar surface area (TPSA) is 30.9 Å². The fourth-order valence-electron chi connectivity index (χ4n) is 4.95. The molecule has 0 aliphatic carbocycles. The number of nitrogens with zero attached hydrogens (tertiary/aromatic N) is 3. The van der Waals surface area contributed by atoms with Crippen molar-refractivity contribution < 1.29 is 0 Å². The molecule has 0 bridgehead atoms. The molecule has 0 radical (unpaired) electrons. The normalized spacial score (nSPS) is 20.3. The van der Waals surface area contributed by atoms with E-state index in [4.69, 9.17) is 17.0 Å². The first-order valence-electron chi connectivity index (χ1n) is 11.8. The van der Waals surface area contributed by atoms with E-state index in [0.29, 0.717) is 5.11 Å². The number of thiocarbonyl (C=S) groups is 1. The second-order valence-corrected chi connectivity index (χ2v) is 14.0. The third kappa shape index (κ3) is 5.54. The summed E-state index contributed by atoms with van der Waals surface area (Å²) in [5.74, 6) is 0. The van der Waals surface area contributed by atoms with Crippen LogP contribution in [-0.4, -0.2) is 45.8 Å². The number of hydrogen-bond acceptors (Lipinski definition) is 1. The molecular formula is C24H41N4PS. The highest BCUT2D eigenvalue weighted by molar-refractivity contribution is 7.81. The zero-order valence-electron chi connectivity index (χ0n) is 19.5. The number of aryl methyl sites for hydroxylation is 1. The van der Waals surface area contributed by atoms with Crippen molar-refractivity contribution in [3.63, 3.8) is 0 Å². The average Bonchev–Trinajstić information content (AvgIpc) is 3.12. The van der Waals surface area contributed by atoms with Gasteiger partial charge in [0.25, 0.3) is 0 Å². The van der Waals surface area contributed by atoms with Crippen molar-refractivity contribution in [2.24, 2.45) is 4.74 Å². The molecule has 0 spiro atoms. The lowest BCUT2D eigenvalue weighted by molar-refractivity contribution is 0.368. The Morgan fingerprint density at radius 3 is 1.77 bits per heavy atom. The summed E-state index contributed by atoms with van der Waals surface area (Å²) < 4.78 is 11.1. The van der Waals surface area contributed by atoms with Crippen molar-refractivity contribution >= 4 is 30.4 Å². The zero-order chi connectivity index (χ0) is 21.6. The summed E-state index contributed by atoms with van der Waals surface area (Å²) in [5, 5.41) is 4.19. The van der Waals surface area contributed by atoms with Crippen LogP contribution in [0, 0.1) is 6.92 Å². The standard InChI is InChI=1S/C24H41N4PS/c1-21-15-9-10-16-22(21)25-23(30)26-29(24(2,3)4,27-17-11-5-6-12-18-27)28-19-13-7-8-14-20-28/h9-10,15-16H,5-8,11-14,17-20H2,1-4H3,(H,25,30).